The molecule has 0 bridgehead atoms. The fraction of sp³-hybridized carbons (Fsp3) is 0.588. The molecule has 124 valence electrons. The molecule has 0 saturated heterocycles. The van der Waals surface area contributed by atoms with E-state index in [2.05, 4.69) is 10.4 Å². The summed E-state index contributed by atoms with van der Waals surface area (Å²) in [5.41, 5.74) is 3.26. The number of hydrogen-bond acceptors (Lipinski definition) is 4. The third-order valence-corrected chi connectivity index (χ3v) is 4.40. The van der Waals surface area contributed by atoms with Gasteiger partial charge in [-0.05, 0) is 45.6 Å². The van der Waals surface area contributed by atoms with Crippen LogP contribution in [0.1, 0.15) is 60.3 Å². The van der Waals surface area contributed by atoms with E-state index in [1.165, 1.54) is 0 Å². The molecule has 6 nitrogen and oxygen atoms in total. The number of amides is 1. The molecule has 1 aliphatic rings. The Hall–Kier alpha value is -1.95. The summed E-state index contributed by atoms with van der Waals surface area (Å²) in [6, 6.07) is 1.96. The highest BCUT2D eigenvalue weighted by atomic mass is 16.3. The molecule has 2 aromatic rings. The van der Waals surface area contributed by atoms with Crippen molar-refractivity contribution in [2.24, 2.45) is 7.05 Å². The first-order valence-corrected chi connectivity index (χ1v) is 8.27. The van der Waals surface area contributed by atoms with Gasteiger partial charge in [0.15, 0.2) is 5.65 Å². The molecular weight excluding hydrogens is 292 g/mol. The van der Waals surface area contributed by atoms with Crippen LogP contribution in [-0.2, 0) is 7.05 Å². The lowest BCUT2D eigenvalue weighted by molar-refractivity contribution is 0.0938. The van der Waals surface area contributed by atoms with Gasteiger partial charge >= 0.3 is 0 Å². The Morgan fingerprint density at radius 3 is 2.91 bits per heavy atom. The number of carbonyl (C=O) groups excluding carboxylic acids is 1. The zero-order chi connectivity index (χ0) is 16.6. The second-order valence-electron chi connectivity index (χ2n) is 6.52. The number of aromatic nitrogens is 3. The molecule has 2 aromatic heterocycles. The van der Waals surface area contributed by atoms with Crippen molar-refractivity contribution < 1.29 is 9.90 Å². The van der Waals surface area contributed by atoms with Gasteiger partial charge in [0.2, 0.25) is 0 Å². The molecular formula is C17H24N4O2. The van der Waals surface area contributed by atoms with Gasteiger partial charge in [-0.1, -0.05) is 0 Å². The summed E-state index contributed by atoms with van der Waals surface area (Å²) in [6.45, 7) is 4.02. The van der Waals surface area contributed by atoms with E-state index in [-0.39, 0.29) is 18.6 Å². The molecule has 1 fully saturated rings. The topological polar surface area (TPSA) is 80.0 Å². The molecule has 1 aliphatic carbocycles. The first-order valence-electron chi connectivity index (χ1n) is 8.27. The lowest BCUT2D eigenvalue weighted by atomic mass is 10.1. The van der Waals surface area contributed by atoms with Crippen molar-refractivity contribution in [1.29, 1.82) is 0 Å². The van der Waals surface area contributed by atoms with E-state index in [0.29, 0.717) is 17.9 Å². The maximum Gasteiger partial charge on any atom is 0.252 e. The standard InChI is InChI=1S/C17H24N4O2/c1-10(5-4-8-22)18-17(23)13-9-14(12-6-7-12)19-16-15(13)11(2)20-21(16)3/h9-10,12,22H,4-8H2,1-3H3,(H,18,23). The first-order chi connectivity index (χ1) is 11.0. The second kappa shape index (κ2) is 6.28. The zero-order valence-corrected chi connectivity index (χ0v) is 14.0. The van der Waals surface area contributed by atoms with Gasteiger partial charge in [0, 0.05) is 31.3 Å². The van der Waals surface area contributed by atoms with Crippen LogP contribution in [0, 0.1) is 6.92 Å². The van der Waals surface area contributed by atoms with Crippen molar-refractivity contribution in [3.63, 3.8) is 0 Å². The van der Waals surface area contributed by atoms with Crippen LogP contribution >= 0.6 is 0 Å². The third-order valence-electron chi connectivity index (χ3n) is 4.40. The van der Waals surface area contributed by atoms with Crippen LogP contribution in [0.5, 0.6) is 0 Å². The summed E-state index contributed by atoms with van der Waals surface area (Å²) in [4.78, 5) is 17.5. The van der Waals surface area contributed by atoms with Crippen LogP contribution in [-0.4, -0.2) is 38.4 Å². The van der Waals surface area contributed by atoms with E-state index in [1.54, 1.807) is 4.68 Å². The Balaban J connectivity index is 1.96. The number of aliphatic hydroxyl groups excluding tert-OH is 1. The summed E-state index contributed by atoms with van der Waals surface area (Å²) in [5, 5.41) is 17.2. The molecule has 0 spiro atoms. The van der Waals surface area contributed by atoms with E-state index in [4.69, 9.17) is 10.1 Å². The van der Waals surface area contributed by atoms with Gasteiger partial charge in [0.1, 0.15) is 0 Å². The Kier molecular flexibility index (Phi) is 4.35. The molecule has 1 amide bonds. The van der Waals surface area contributed by atoms with Crippen molar-refractivity contribution in [3.05, 3.63) is 23.0 Å². The van der Waals surface area contributed by atoms with Crippen LogP contribution in [0.3, 0.4) is 0 Å². The summed E-state index contributed by atoms with van der Waals surface area (Å²) in [7, 11) is 1.87. The predicted octanol–water partition coefficient (Wildman–Crippen LogP) is 2.04. The lowest BCUT2D eigenvalue weighted by Gasteiger charge is -2.14. The molecule has 3 rings (SSSR count). The monoisotopic (exact) mass is 316 g/mol. The number of aliphatic hydroxyl groups is 1. The Morgan fingerprint density at radius 2 is 2.26 bits per heavy atom. The number of carbonyl (C=O) groups is 1. The van der Waals surface area contributed by atoms with E-state index in [1.807, 2.05) is 27.0 Å². The second-order valence-corrected chi connectivity index (χ2v) is 6.52. The Bertz CT molecular complexity index is 734. The maximum absolute atomic E-state index is 12.8. The Morgan fingerprint density at radius 1 is 1.52 bits per heavy atom. The largest absolute Gasteiger partial charge is 0.396 e. The lowest BCUT2D eigenvalue weighted by Crippen LogP contribution is -2.33. The average molecular weight is 316 g/mol. The zero-order valence-electron chi connectivity index (χ0n) is 14.0. The van der Waals surface area contributed by atoms with E-state index in [0.717, 1.165) is 41.7 Å². The minimum absolute atomic E-state index is 0.0271. The maximum atomic E-state index is 12.8. The number of aryl methyl sites for hydroxylation is 2. The molecule has 0 aliphatic heterocycles. The smallest absolute Gasteiger partial charge is 0.252 e. The molecule has 1 saturated carbocycles. The molecule has 23 heavy (non-hydrogen) atoms. The summed E-state index contributed by atoms with van der Waals surface area (Å²) >= 11 is 0. The van der Waals surface area contributed by atoms with Gasteiger partial charge in [-0.15, -0.1) is 0 Å². The summed E-state index contributed by atoms with van der Waals surface area (Å²) in [6.07, 6.45) is 3.73. The minimum Gasteiger partial charge on any atom is -0.396 e. The molecule has 1 atom stereocenters. The van der Waals surface area contributed by atoms with Crippen LogP contribution < -0.4 is 5.32 Å². The number of nitrogens with one attached hydrogen (secondary N) is 1. The fourth-order valence-electron chi connectivity index (χ4n) is 3.00. The van der Waals surface area contributed by atoms with Gasteiger partial charge in [-0.3, -0.25) is 9.48 Å². The number of hydrogen-bond donors (Lipinski definition) is 2. The number of nitrogens with zero attached hydrogens (tertiary/aromatic N) is 3. The molecule has 2 N–H and O–H groups in total. The highest BCUT2D eigenvalue weighted by molar-refractivity contribution is 6.06. The van der Waals surface area contributed by atoms with Gasteiger partial charge in [0.25, 0.3) is 5.91 Å². The molecule has 2 heterocycles. The van der Waals surface area contributed by atoms with Crippen molar-refractivity contribution in [3.8, 4) is 0 Å². The fourth-order valence-corrected chi connectivity index (χ4v) is 3.00. The van der Waals surface area contributed by atoms with Gasteiger partial charge in [-0.2, -0.15) is 5.10 Å². The van der Waals surface area contributed by atoms with Crippen LogP contribution in [0.4, 0.5) is 0 Å². The first kappa shape index (κ1) is 15.9. The van der Waals surface area contributed by atoms with E-state index < -0.39 is 0 Å². The predicted molar refractivity (Wildman–Crippen MR) is 88.5 cm³/mol. The van der Waals surface area contributed by atoms with Crippen molar-refractivity contribution in [2.45, 2.75) is 51.5 Å². The van der Waals surface area contributed by atoms with Crippen LogP contribution in [0.15, 0.2) is 6.07 Å². The van der Waals surface area contributed by atoms with Crippen molar-refractivity contribution in [2.75, 3.05) is 6.61 Å². The minimum atomic E-state index is -0.0826. The summed E-state index contributed by atoms with van der Waals surface area (Å²) in [5.74, 6) is 0.397. The third kappa shape index (κ3) is 3.22. The Labute approximate surface area is 135 Å². The van der Waals surface area contributed by atoms with E-state index >= 15 is 0 Å². The van der Waals surface area contributed by atoms with Crippen LogP contribution in [0.2, 0.25) is 0 Å². The number of rotatable bonds is 6. The molecule has 1 unspecified atom stereocenters. The van der Waals surface area contributed by atoms with Gasteiger partial charge in [-0.25, -0.2) is 4.98 Å². The number of pyridine rings is 1. The van der Waals surface area contributed by atoms with Gasteiger partial charge in [0.05, 0.1) is 16.6 Å². The highest BCUT2D eigenvalue weighted by Gasteiger charge is 2.28. The molecule has 0 radical (unpaired) electrons. The van der Waals surface area contributed by atoms with E-state index in [9.17, 15) is 4.79 Å². The van der Waals surface area contributed by atoms with Crippen molar-refractivity contribution in [1.82, 2.24) is 20.1 Å². The quantitative estimate of drug-likeness (QED) is 0.855. The normalized spacial score (nSPS) is 15.8. The average Bonchev–Trinajstić information content (AvgIpc) is 3.32. The van der Waals surface area contributed by atoms with Crippen molar-refractivity contribution >= 4 is 16.9 Å². The highest BCUT2D eigenvalue weighted by Crippen LogP contribution is 2.40. The number of fused-ring (bicyclic) bond motifs is 1. The van der Waals surface area contributed by atoms with Crippen LogP contribution in [0.25, 0.3) is 11.0 Å². The van der Waals surface area contributed by atoms with Gasteiger partial charge < -0.3 is 10.4 Å². The summed E-state index contributed by atoms with van der Waals surface area (Å²) < 4.78 is 1.75. The molecule has 0 aromatic carbocycles. The SMILES string of the molecule is Cc1nn(C)c2nc(C3CC3)cc(C(=O)NC(C)CCCO)c12. The molecule has 6 heteroatoms.